The Morgan fingerprint density at radius 1 is 0.762 bits per heavy atom. The van der Waals surface area contributed by atoms with Crippen LogP contribution in [-0.4, -0.2) is 83.4 Å². The van der Waals surface area contributed by atoms with Gasteiger partial charge in [-0.05, 0) is 12.1 Å². The summed E-state index contributed by atoms with van der Waals surface area (Å²) < 4.78 is 0. The summed E-state index contributed by atoms with van der Waals surface area (Å²) in [5, 5.41) is 11.9. The Hall–Kier alpha value is -1.07. The van der Waals surface area contributed by atoms with Crippen molar-refractivity contribution in [3.63, 3.8) is 0 Å². The van der Waals surface area contributed by atoms with Gasteiger partial charge in [-0.2, -0.15) is 0 Å². The molecule has 0 saturated carbocycles. The first-order valence-corrected chi connectivity index (χ1v) is 6.72. The molecular weight excluding hydrogens is 465 g/mol. The SMILES string of the molecule is O=C1NCCNCCNCCNC(=O)c2cccc1n2.[Pb+2]. The van der Waals surface area contributed by atoms with E-state index < -0.39 is 0 Å². The van der Waals surface area contributed by atoms with E-state index in [1.165, 1.54) is 0 Å². The van der Waals surface area contributed by atoms with E-state index in [9.17, 15) is 9.59 Å². The Bertz CT molecular complexity index is 444. The van der Waals surface area contributed by atoms with Gasteiger partial charge in [0, 0.05) is 39.3 Å². The maximum absolute atomic E-state index is 11.9. The number of nitrogens with one attached hydrogen (secondary N) is 4. The standard InChI is InChI=1S/C13H19N5O2.Pb/c19-12-10-2-1-3-11(18-10)13(20)17-9-7-15-5-4-14-6-8-16-12;/h1-3,14-15H,4-9H2,(H,16,19)(H,17,20);/q;+2. The molecule has 0 atom stereocenters. The smallest absolute Gasteiger partial charge is 0.349 e. The minimum atomic E-state index is -0.269. The van der Waals surface area contributed by atoms with Gasteiger partial charge in [0.2, 0.25) is 0 Å². The van der Waals surface area contributed by atoms with Crippen molar-refractivity contribution in [2.75, 3.05) is 39.3 Å². The summed E-state index contributed by atoms with van der Waals surface area (Å²) in [6.45, 7) is 4.08. The maximum Gasteiger partial charge on any atom is 2.00 e. The zero-order valence-corrected chi connectivity index (χ0v) is 15.6. The number of hydrogen-bond donors (Lipinski definition) is 4. The van der Waals surface area contributed by atoms with Crippen molar-refractivity contribution < 1.29 is 9.59 Å². The molecule has 1 aliphatic rings. The van der Waals surface area contributed by atoms with Crippen molar-refractivity contribution in [3.05, 3.63) is 29.6 Å². The fraction of sp³-hybridized carbons (Fsp3) is 0.462. The molecule has 0 aliphatic carbocycles. The number of nitrogens with zero attached hydrogens (tertiary/aromatic N) is 1. The van der Waals surface area contributed by atoms with Crippen molar-refractivity contribution in [1.29, 1.82) is 0 Å². The van der Waals surface area contributed by atoms with Gasteiger partial charge < -0.3 is 21.3 Å². The molecule has 2 amide bonds. The third kappa shape index (κ3) is 6.06. The van der Waals surface area contributed by atoms with Gasteiger partial charge in [-0.25, -0.2) is 4.98 Å². The molecule has 4 N–H and O–H groups in total. The average molecular weight is 485 g/mol. The summed E-state index contributed by atoms with van der Waals surface area (Å²) in [4.78, 5) is 27.8. The summed E-state index contributed by atoms with van der Waals surface area (Å²) in [6, 6.07) is 4.85. The largest absolute Gasteiger partial charge is 2.00 e. The molecule has 0 aromatic carbocycles. The quantitative estimate of drug-likeness (QED) is 0.331. The maximum atomic E-state index is 11.9. The average Bonchev–Trinajstić information content (AvgIpc) is 2.48. The van der Waals surface area contributed by atoms with E-state index in [0.29, 0.717) is 26.2 Å². The van der Waals surface area contributed by atoms with Gasteiger partial charge in [0.05, 0.1) is 0 Å². The first kappa shape index (κ1) is 18.0. The predicted octanol–water partition coefficient (Wildman–Crippen LogP) is -1.65. The number of rotatable bonds is 0. The van der Waals surface area contributed by atoms with Crippen LogP contribution in [0.25, 0.3) is 0 Å². The van der Waals surface area contributed by atoms with Crippen LogP contribution in [0.15, 0.2) is 18.2 Å². The Labute approximate surface area is 143 Å². The van der Waals surface area contributed by atoms with Crippen LogP contribution < -0.4 is 21.3 Å². The summed E-state index contributed by atoms with van der Waals surface area (Å²) in [5.74, 6) is -0.538. The van der Waals surface area contributed by atoms with E-state index in [-0.39, 0.29) is 50.5 Å². The van der Waals surface area contributed by atoms with Crippen LogP contribution in [0.1, 0.15) is 21.0 Å². The van der Waals surface area contributed by atoms with Crippen molar-refractivity contribution >= 4 is 39.1 Å². The summed E-state index contributed by atoms with van der Waals surface area (Å²) in [7, 11) is 0. The Morgan fingerprint density at radius 3 is 1.67 bits per heavy atom. The molecule has 0 saturated heterocycles. The monoisotopic (exact) mass is 485 g/mol. The normalized spacial score (nSPS) is 17.5. The molecule has 2 heterocycles. The van der Waals surface area contributed by atoms with Crippen LogP contribution >= 0.6 is 0 Å². The predicted molar refractivity (Wildman–Crippen MR) is 80.4 cm³/mol. The van der Waals surface area contributed by atoms with Gasteiger partial charge in [0.15, 0.2) is 0 Å². The molecule has 21 heavy (non-hydrogen) atoms. The van der Waals surface area contributed by atoms with Crippen molar-refractivity contribution in [2.45, 2.75) is 0 Å². The second kappa shape index (κ2) is 9.79. The van der Waals surface area contributed by atoms with E-state index in [4.69, 9.17) is 0 Å². The Kier molecular flexibility index (Phi) is 8.39. The number of hydrogen-bond acceptors (Lipinski definition) is 5. The molecule has 0 spiro atoms. The number of carbonyl (C=O) groups is 2. The molecule has 1 aliphatic heterocycles. The van der Waals surface area contributed by atoms with Crippen molar-refractivity contribution in [1.82, 2.24) is 26.3 Å². The first-order chi connectivity index (χ1) is 9.77. The second-order valence-electron chi connectivity index (χ2n) is 4.42. The third-order valence-electron chi connectivity index (χ3n) is 2.87. The van der Waals surface area contributed by atoms with E-state index in [2.05, 4.69) is 26.3 Å². The van der Waals surface area contributed by atoms with Gasteiger partial charge in [-0.15, -0.1) is 0 Å². The van der Waals surface area contributed by atoms with Crippen molar-refractivity contribution in [2.24, 2.45) is 0 Å². The van der Waals surface area contributed by atoms with E-state index in [0.717, 1.165) is 13.1 Å². The molecule has 0 fully saturated rings. The number of carbonyl (C=O) groups excluding carboxylic acids is 2. The van der Waals surface area contributed by atoms with Crippen LogP contribution in [0.2, 0.25) is 0 Å². The minimum Gasteiger partial charge on any atom is -0.349 e. The van der Waals surface area contributed by atoms with Crippen LogP contribution in [0, 0.1) is 0 Å². The van der Waals surface area contributed by atoms with Gasteiger partial charge in [-0.3, -0.25) is 9.59 Å². The van der Waals surface area contributed by atoms with Gasteiger partial charge in [0.1, 0.15) is 11.4 Å². The molecule has 2 bridgehead atoms. The summed E-state index contributed by atoms with van der Waals surface area (Å²) >= 11 is 0. The molecule has 2 radical (unpaired) electrons. The molecular formula is C13H19N5O2Pb+2. The molecule has 7 nitrogen and oxygen atoms in total. The van der Waals surface area contributed by atoms with Crippen LogP contribution in [0.5, 0.6) is 0 Å². The van der Waals surface area contributed by atoms with E-state index in [1.54, 1.807) is 18.2 Å². The third-order valence-corrected chi connectivity index (χ3v) is 2.87. The number of pyridine rings is 1. The Morgan fingerprint density at radius 2 is 1.19 bits per heavy atom. The van der Waals surface area contributed by atoms with E-state index >= 15 is 0 Å². The second-order valence-corrected chi connectivity index (χ2v) is 4.42. The molecule has 8 heteroatoms. The number of amides is 2. The number of aromatic nitrogens is 1. The summed E-state index contributed by atoms with van der Waals surface area (Å²) in [6.07, 6.45) is 0. The molecule has 110 valence electrons. The molecule has 2 rings (SSSR count). The van der Waals surface area contributed by atoms with Gasteiger partial charge in [0.25, 0.3) is 11.8 Å². The van der Waals surface area contributed by atoms with Crippen LogP contribution in [0.3, 0.4) is 0 Å². The van der Waals surface area contributed by atoms with Crippen molar-refractivity contribution in [3.8, 4) is 0 Å². The Balaban J connectivity index is 0.00000220. The zero-order chi connectivity index (χ0) is 14.2. The van der Waals surface area contributed by atoms with Crippen LogP contribution in [-0.2, 0) is 0 Å². The molecule has 0 unspecified atom stereocenters. The first-order valence-electron chi connectivity index (χ1n) is 6.72. The number of fused-ring (bicyclic) bond motifs is 2. The minimum absolute atomic E-state index is 0. The summed E-state index contributed by atoms with van der Waals surface area (Å²) in [5.41, 5.74) is 0.510. The van der Waals surface area contributed by atoms with Crippen LogP contribution in [0.4, 0.5) is 0 Å². The zero-order valence-electron chi connectivity index (χ0n) is 11.7. The van der Waals surface area contributed by atoms with E-state index in [1.807, 2.05) is 0 Å². The molecule has 1 aromatic heterocycles. The fourth-order valence-electron chi connectivity index (χ4n) is 1.82. The topological polar surface area (TPSA) is 95.1 Å². The fourth-order valence-corrected chi connectivity index (χ4v) is 1.82. The van der Waals surface area contributed by atoms with Gasteiger partial charge in [-0.1, -0.05) is 6.07 Å². The van der Waals surface area contributed by atoms with Gasteiger partial charge >= 0.3 is 27.3 Å². The molecule has 1 aromatic rings.